The third-order valence-corrected chi connectivity index (χ3v) is 7.33. The maximum absolute atomic E-state index is 12.9. The number of piperidine rings is 1. The van der Waals surface area contributed by atoms with Crippen molar-refractivity contribution in [1.29, 1.82) is 0 Å². The highest BCUT2D eigenvalue weighted by Gasteiger charge is 2.32. The molecule has 1 amide bonds. The molecule has 2 aliphatic rings. The van der Waals surface area contributed by atoms with Gasteiger partial charge < -0.3 is 10.6 Å². The number of hydrogen-bond acceptors (Lipinski definition) is 4. The quantitative estimate of drug-likeness (QED) is 0.816. The summed E-state index contributed by atoms with van der Waals surface area (Å²) in [6.45, 7) is 7.27. The molecule has 3 unspecified atom stereocenters. The number of sulfonamides is 1. The molecular formula is C19H30ClN3O3S. The molecular weight excluding hydrogens is 386 g/mol. The van der Waals surface area contributed by atoms with Crippen LogP contribution in [0.3, 0.4) is 0 Å². The van der Waals surface area contributed by atoms with Crippen LogP contribution in [0, 0.1) is 17.8 Å². The van der Waals surface area contributed by atoms with E-state index in [1.54, 1.807) is 33.5 Å². The van der Waals surface area contributed by atoms with E-state index >= 15 is 0 Å². The number of amides is 1. The van der Waals surface area contributed by atoms with Crippen LogP contribution in [0.5, 0.6) is 0 Å². The highest BCUT2D eigenvalue weighted by molar-refractivity contribution is 7.89. The standard InChI is InChI=1S/C19H29N3O3S.ClH/c1-14-9-15(2)12-22(11-14)26(24,25)18-5-3-17(4-6-18)19(23)21-8-7-16(10-20)13-21;/h3-6,14-16H,7-13,20H2,1-2H3;1H. The minimum absolute atomic E-state index is 0. The number of carbonyl (C=O) groups excluding carboxylic acids is 1. The molecule has 2 saturated heterocycles. The summed E-state index contributed by atoms with van der Waals surface area (Å²) in [5.41, 5.74) is 6.21. The van der Waals surface area contributed by atoms with Crippen LogP contribution in [-0.2, 0) is 10.0 Å². The van der Waals surface area contributed by atoms with E-state index in [1.165, 1.54) is 0 Å². The SMILES string of the molecule is CC1CC(C)CN(S(=O)(=O)c2ccc(C(=O)N3CCC(CN)C3)cc2)C1.Cl. The van der Waals surface area contributed by atoms with Crippen molar-refractivity contribution in [3.05, 3.63) is 29.8 Å². The molecule has 0 saturated carbocycles. The topological polar surface area (TPSA) is 83.7 Å². The van der Waals surface area contributed by atoms with E-state index in [1.807, 2.05) is 0 Å². The predicted octanol–water partition coefficient (Wildman–Crippen LogP) is 2.20. The van der Waals surface area contributed by atoms with Gasteiger partial charge in [0.15, 0.2) is 0 Å². The van der Waals surface area contributed by atoms with Crippen LogP contribution < -0.4 is 5.73 Å². The third kappa shape index (κ3) is 4.83. The van der Waals surface area contributed by atoms with E-state index < -0.39 is 10.0 Å². The third-order valence-electron chi connectivity index (χ3n) is 5.48. The molecule has 6 nitrogen and oxygen atoms in total. The first-order chi connectivity index (χ1) is 12.3. The summed E-state index contributed by atoms with van der Waals surface area (Å²) in [5, 5.41) is 0. The molecule has 0 spiro atoms. The monoisotopic (exact) mass is 415 g/mol. The smallest absolute Gasteiger partial charge is 0.253 e. The largest absolute Gasteiger partial charge is 0.338 e. The van der Waals surface area contributed by atoms with Gasteiger partial charge in [-0.25, -0.2) is 8.42 Å². The zero-order valence-electron chi connectivity index (χ0n) is 16.0. The molecule has 8 heteroatoms. The molecule has 27 heavy (non-hydrogen) atoms. The Morgan fingerprint density at radius 2 is 1.70 bits per heavy atom. The average Bonchev–Trinajstić information content (AvgIpc) is 3.09. The number of rotatable bonds is 4. The number of carbonyl (C=O) groups is 1. The van der Waals surface area contributed by atoms with Gasteiger partial charge in [-0.3, -0.25) is 4.79 Å². The van der Waals surface area contributed by atoms with Crippen LogP contribution in [-0.4, -0.2) is 56.3 Å². The lowest BCUT2D eigenvalue weighted by Crippen LogP contribution is -2.42. The lowest BCUT2D eigenvalue weighted by Gasteiger charge is -2.34. The lowest BCUT2D eigenvalue weighted by molar-refractivity contribution is 0.0787. The van der Waals surface area contributed by atoms with Gasteiger partial charge >= 0.3 is 0 Å². The zero-order chi connectivity index (χ0) is 18.9. The van der Waals surface area contributed by atoms with Gasteiger partial charge in [0.2, 0.25) is 10.0 Å². The van der Waals surface area contributed by atoms with E-state index in [0.29, 0.717) is 56.0 Å². The van der Waals surface area contributed by atoms with Crippen molar-refractivity contribution >= 4 is 28.3 Å². The van der Waals surface area contributed by atoms with Crippen molar-refractivity contribution in [2.75, 3.05) is 32.7 Å². The first-order valence-electron chi connectivity index (χ1n) is 9.40. The van der Waals surface area contributed by atoms with Crippen LogP contribution in [0.1, 0.15) is 37.0 Å². The van der Waals surface area contributed by atoms with Crippen molar-refractivity contribution in [3.63, 3.8) is 0 Å². The van der Waals surface area contributed by atoms with Crippen LogP contribution >= 0.6 is 12.4 Å². The fourth-order valence-corrected chi connectivity index (χ4v) is 5.79. The van der Waals surface area contributed by atoms with Crippen LogP contribution in [0.15, 0.2) is 29.2 Å². The molecule has 0 bridgehead atoms. The van der Waals surface area contributed by atoms with Gasteiger partial charge in [-0.15, -0.1) is 12.4 Å². The highest BCUT2D eigenvalue weighted by atomic mass is 35.5. The Morgan fingerprint density at radius 3 is 2.22 bits per heavy atom. The Hall–Kier alpha value is -1.15. The van der Waals surface area contributed by atoms with Crippen LogP contribution in [0.4, 0.5) is 0 Å². The summed E-state index contributed by atoms with van der Waals surface area (Å²) in [4.78, 5) is 14.6. The van der Waals surface area contributed by atoms with Crippen molar-refractivity contribution in [2.45, 2.75) is 31.6 Å². The Kier molecular flexibility index (Phi) is 7.30. The Morgan fingerprint density at radius 1 is 1.11 bits per heavy atom. The molecule has 2 fully saturated rings. The first kappa shape index (κ1) is 22.1. The molecule has 1 aromatic rings. The van der Waals surface area contributed by atoms with Gasteiger partial charge in [-0.2, -0.15) is 4.31 Å². The maximum Gasteiger partial charge on any atom is 0.253 e. The molecule has 3 atom stereocenters. The minimum atomic E-state index is -3.51. The molecule has 2 N–H and O–H groups in total. The van der Waals surface area contributed by atoms with Gasteiger partial charge in [-0.1, -0.05) is 13.8 Å². The average molecular weight is 416 g/mol. The summed E-state index contributed by atoms with van der Waals surface area (Å²) in [5.74, 6) is 1.03. The Bertz CT molecular complexity index is 744. The van der Waals surface area contributed by atoms with E-state index in [0.717, 1.165) is 12.8 Å². The first-order valence-corrected chi connectivity index (χ1v) is 10.8. The predicted molar refractivity (Wildman–Crippen MR) is 108 cm³/mol. The molecule has 3 rings (SSSR count). The maximum atomic E-state index is 12.9. The van der Waals surface area contributed by atoms with Gasteiger partial charge in [0, 0.05) is 31.7 Å². The fourth-order valence-electron chi connectivity index (χ4n) is 4.11. The van der Waals surface area contributed by atoms with Gasteiger partial charge in [0.25, 0.3) is 5.91 Å². The molecule has 152 valence electrons. The summed E-state index contributed by atoms with van der Waals surface area (Å²) >= 11 is 0. The summed E-state index contributed by atoms with van der Waals surface area (Å²) in [7, 11) is -3.51. The number of halogens is 1. The van der Waals surface area contributed by atoms with Crippen molar-refractivity contribution < 1.29 is 13.2 Å². The Balaban J connectivity index is 0.00000261. The molecule has 0 aromatic heterocycles. The van der Waals surface area contributed by atoms with Crippen LogP contribution in [0.2, 0.25) is 0 Å². The van der Waals surface area contributed by atoms with Crippen molar-refractivity contribution in [3.8, 4) is 0 Å². The summed E-state index contributed by atoms with van der Waals surface area (Å²) in [6.07, 6.45) is 1.99. The van der Waals surface area contributed by atoms with Crippen molar-refractivity contribution in [1.82, 2.24) is 9.21 Å². The molecule has 2 heterocycles. The molecule has 0 radical (unpaired) electrons. The number of likely N-dealkylation sites (tertiary alicyclic amines) is 1. The number of benzene rings is 1. The van der Waals surface area contributed by atoms with E-state index in [2.05, 4.69) is 13.8 Å². The number of hydrogen-bond donors (Lipinski definition) is 1. The Labute approximate surface area is 168 Å². The second-order valence-electron chi connectivity index (χ2n) is 7.93. The molecule has 1 aromatic carbocycles. The normalized spacial score (nSPS) is 26.6. The van der Waals surface area contributed by atoms with Gasteiger partial charge in [-0.05, 0) is 61.4 Å². The van der Waals surface area contributed by atoms with E-state index in [4.69, 9.17) is 5.73 Å². The summed E-state index contributed by atoms with van der Waals surface area (Å²) in [6, 6.07) is 6.37. The molecule has 2 aliphatic heterocycles. The van der Waals surface area contributed by atoms with E-state index in [-0.39, 0.29) is 23.2 Å². The second-order valence-corrected chi connectivity index (χ2v) is 9.87. The van der Waals surface area contributed by atoms with Crippen molar-refractivity contribution in [2.24, 2.45) is 23.5 Å². The van der Waals surface area contributed by atoms with Gasteiger partial charge in [0.05, 0.1) is 4.90 Å². The fraction of sp³-hybridized carbons (Fsp3) is 0.632. The summed E-state index contributed by atoms with van der Waals surface area (Å²) < 4.78 is 27.4. The van der Waals surface area contributed by atoms with Crippen LogP contribution in [0.25, 0.3) is 0 Å². The highest BCUT2D eigenvalue weighted by Crippen LogP contribution is 2.27. The van der Waals surface area contributed by atoms with E-state index in [9.17, 15) is 13.2 Å². The minimum Gasteiger partial charge on any atom is -0.338 e. The molecule has 0 aliphatic carbocycles. The number of nitrogens with zero attached hydrogens (tertiary/aromatic N) is 2. The number of nitrogens with two attached hydrogens (primary N) is 1. The lowest BCUT2D eigenvalue weighted by atomic mass is 9.94. The van der Waals surface area contributed by atoms with Gasteiger partial charge in [0.1, 0.15) is 0 Å². The second kappa shape index (κ2) is 8.90. The zero-order valence-corrected chi connectivity index (χ0v) is 17.6.